The van der Waals surface area contributed by atoms with E-state index in [-0.39, 0.29) is 6.04 Å². The minimum absolute atomic E-state index is 0.0681. The minimum atomic E-state index is -0.448. The fourth-order valence-corrected chi connectivity index (χ4v) is 3.25. The van der Waals surface area contributed by atoms with Crippen LogP contribution >= 0.6 is 0 Å². The summed E-state index contributed by atoms with van der Waals surface area (Å²) in [6, 6.07) is 8.33. The molecule has 1 aromatic carbocycles. The van der Waals surface area contributed by atoms with Crippen molar-refractivity contribution >= 4 is 0 Å². The molecule has 4 heteroatoms. The summed E-state index contributed by atoms with van der Waals surface area (Å²) >= 11 is 0. The molecule has 0 aliphatic carbocycles. The highest BCUT2D eigenvalue weighted by Crippen LogP contribution is 2.35. The lowest BCUT2D eigenvalue weighted by Crippen LogP contribution is -2.58. The van der Waals surface area contributed by atoms with E-state index >= 15 is 0 Å². The van der Waals surface area contributed by atoms with Crippen LogP contribution in [-0.2, 0) is 0 Å². The first-order valence-corrected chi connectivity index (χ1v) is 7.01. The molecular formula is C15H22N2O2. The van der Waals surface area contributed by atoms with Gasteiger partial charge in [0, 0.05) is 31.2 Å². The number of para-hydroxylation sites is 1. The molecule has 3 atom stereocenters. The molecule has 4 nitrogen and oxygen atoms in total. The summed E-state index contributed by atoms with van der Waals surface area (Å²) in [7, 11) is 2.15. The molecule has 1 fully saturated rings. The Morgan fingerprint density at radius 1 is 1.26 bits per heavy atom. The van der Waals surface area contributed by atoms with E-state index in [4.69, 9.17) is 4.74 Å². The summed E-state index contributed by atoms with van der Waals surface area (Å²) < 4.78 is 5.82. The highest BCUT2D eigenvalue weighted by molar-refractivity contribution is 5.37. The molecule has 3 unspecified atom stereocenters. The number of piperazine rings is 1. The van der Waals surface area contributed by atoms with Gasteiger partial charge in [-0.3, -0.25) is 4.90 Å². The van der Waals surface area contributed by atoms with Crippen molar-refractivity contribution in [2.75, 3.05) is 33.3 Å². The largest absolute Gasteiger partial charge is 0.491 e. The number of hydrogen-bond acceptors (Lipinski definition) is 4. The maximum atomic E-state index is 10.6. The Kier molecular flexibility index (Phi) is 3.48. The van der Waals surface area contributed by atoms with E-state index in [1.165, 1.54) is 0 Å². The summed E-state index contributed by atoms with van der Waals surface area (Å²) in [6.07, 6.45) is -0.448. The first-order valence-electron chi connectivity index (χ1n) is 7.01. The van der Waals surface area contributed by atoms with Crippen LogP contribution < -0.4 is 4.74 Å². The molecule has 1 aromatic rings. The van der Waals surface area contributed by atoms with Crippen molar-refractivity contribution < 1.29 is 9.84 Å². The van der Waals surface area contributed by atoms with Gasteiger partial charge < -0.3 is 14.7 Å². The number of nitrogens with zero attached hydrogens (tertiary/aromatic N) is 2. The van der Waals surface area contributed by atoms with E-state index in [1.807, 2.05) is 24.3 Å². The van der Waals surface area contributed by atoms with Crippen LogP contribution in [0.5, 0.6) is 5.75 Å². The lowest BCUT2D eigenvalue weighted by atomic mass is 9.96. The van der Waals surface area contributed by atoms with Crippen LogP contribution in [0.15, 0.2) is 24.3 Å². The average Bonchev–Trinajstić information content (AvgIpc) is 2.41. The zero-order valence-corrected chi connectivity index (χ0v) is 11.6. The van der Waals surface area contributed by atoms with Crippen molar-refractivity contribution in [2.45, 2.75) is 25.1 Å². The number of hydrogen-bond donors (Lipinski definition) is 1. The SMILES string of the molecule is CC1CN(C)CCN1C1COc2ccccc2C1O. The van der Waals surface area contributed by atoms with E-state index in [1.54, 1.807) is 0 Å². The van der Waals surface area contributed by atoms with E-state index in [0.717, 1.165) is 30.9 Å². The van der Waals surface area contributed by atoms with Crippen LogP contribution in [0.25, 0.3) is 0 Å². The highest BCUT2D eigenvalue weighted by atomic mass is 16.5. The van der Waals surface area contributed by atoms with Gasteiger partial charge in [0.05, 0.1) is 6.04 Å². The van der Waals surface area contributed by atoms with Crippen molar-refractivity contribution in [3.8, 4) is 5.75 Å². The molecule has 19 heavy (non-hydrogen) atoms. The Bertz CT molecular complexity index is 452. The second kappa shape index (κ2) is 5.12. The Balaban J connectivity index is 1.80. The molecule has 0 radical (unpaired) electrons. The molecule has 0 aromatic heterocycles. The van der Waals surface area contributed by atoms with Crippen molar-refractivity contribution in [2.24, 2.45) is 0 Å². The average molecular weight is 262 g/mol. The summed E-state index contributed by atoms with van der Waals surface area (Å²) in [4.78, 5) is 4.73. The molecule has 0 spiro atoms. The molecule has 0 saturated carbocycles. The minimum Gasteiger partial charge on any atom is -0.491 e. The standard InChI is InChI=1S/C15H22N2O2/c1-11-9-16(2)7-8-17(11)13-10-19-14-6-4-3-5-12(14)15(13)18/h3-6,11,13,15,18H,7-10H2,1-2H3. The van der Waals surface area contributed by atoms with Crippen LogP contribution in [0.1, 0.15) is 18.6 Å². The van der Waals surface area contributed by atoms with Crippen LogP contribution in [0.4, 0.5) is 0 Å². The molecule has 0 amide bonds. The smallest absolute Gasteiger partial charge is 0.125 e. The molecule has 2 heterocycles. The van der Waals surface area contributed by atoms with Crippen LogP contribution in [0.2, 0.25) is 0 Å². The van der Waals surface area contributed by atoms with Crippen molar-refractivity contribution in [1.29, 1.82) is 0 Å². The van der Waals surface area contributed by atoms with Gasteiger partial charge in [-0.2, -0.15) is 0 Å². The number of aliphatic hydroxyl groups is 1. The molecule has 0 bridgehead atoms. The summed E-state index contributed by atoms with van der Waals surface area (Å²) in [5.74, 6) is 0.827. The second-order valence-electron chi connectivity index (χ2n) is 5.71. The van der Waals surface area contributed by atoms with Crippen molar-refractivity contribution in [3.05, 3.63) is 29.8 Å². The number of benzene rings is 1. The number of likely N-dealkylation sites (N-methyl/N-ethyl adjacent to an activating group) is 1. The molecule has 1 saturated heterocycles. The maximum Gasteiger partial charge on any atom is 0.125 e. The van der Waals surface area contributed by atoms with E-state index in [2.05, 4.69) is 23.8 Å². The van der Waals surface area contributed by atoms with Crippen molar-refractivity contribution in [3.63, 3.8) is 0 Å². The zero-order valence-electron chi connectivity index (χ0n) is 11.6. The normalized spacial score (nSPS) is 32.7. The van der Waals surface area contributed by atoms with E-state index in [0.29, 0.717) is 12.6 Å². The van der Waals surface area contributed by atoms with Gasteiger partial charge in [-0.25, -0.2) is 0 Å². The zero-order chi connectivity index (χ0) is 13.4. The fraction of sp³-hybridized carbons (Fsp3) is 0.600. The lowest BCUT2D eigenvalue weighted by Gasteiger charge is -2.45. The van der Waals surface area contributed by atoms with Crippen LogP contribution in [-0.4, -0.2) is 60.3 Å². The first kappa shape index (κ1) is 12.9. The number of rotatable bonds is 1. The number of aliphatic hydroxyl groups excluding tert-OH is 1. The van der Waals surface area contributed by atoms with Gasteiger partial charge in [-0.1, -0.05) is 18.2 Å². The molecule has 3 rings (SSSR count). The molecule has 1 N–H and O–H groups in total. The fourth-order valence-electron chi connectivity index (χ4n) is 3.25. The van der Waals surface area contributed by atoms with Crippen LogP contribution in [0, 0.1) is 0 Å². The third-order valence-corrected chi connectivity index (χ3v) is 4.32. The van der Waals surface area contributed by atoms with Gasteiger partial charge in [0.1, 0.15) is 18.5 Å². The summed E-state index contributed by atoms with van der Waals surface area (Å²) in [5.41, 5.74) is 0.921. The van der Waals surface area contributed by atoms with Crippen LogP contribution in [0.3, 0.4) is 0 Å². The van der Waals surface area contributed by atoms with Gasteiger partial charge in [0.25, 0.3) is 0 Å². The quantitative estimate of drug-likeness (QED) is 0.822. The Morgan fingerprint density at radius 3 is 2.84 bits per heavy atom. The Morgan fingerprint density at radius 2 is 2.05 bits per heavy atom. The third-order valence-electron chi connectivity index (χ3n) is 4.32. The van der Waals surface area contributed by atoms with Gasteiger partial charge in [-0.15, -0.1) is 0 Å². The predicted octanol–water partition coefficient (Wildman–Crippen LogP) is 1.12. The third kappa shape index (κ3) is 2.36. The topological polar surface area (TPSA) is 35.9 Å². The summed E-state index contributed by atoms with van der Waals surface area (Å²) in [6.45, 7) is 5.89. The molecule has 104 valence electrons. The summed E-state index contributed by atoms with van der Waals surface area (Å²) in [5, 5.41) is 10.6. The van der Waals surface area contributed by atoms with Gasteiger partial charge in [0.15, 0.2) is 0 Å². The molecule has 2 aliphatic rings. The van der Waals surface area contributed by atoms with Crippen molar-refractivity contribution in [1.82, 2.24) is 9.80 Å². The van der Waals surface area contributed by atoms with Gasteiger partial charge in [-0.05, 0) is 20.0 Å². The molecular weight excluding hydrogens is 240 g/mol. The lowest BCUT2D eigenvalue weighted by molar-refractivity contribution is -0.0367. The monoisotopic (exact) mass is 262 g/mol. The first-order chi connectivity index (χ1) is 9.16. The second-order valence-corrected chi connectivity index (χ2v) is 5.71. The number of fused-ring (bicyclic) bond motifs is 1. The Hall–Kier alpha value is -1.10. The Labute approximate surface area is 114 Å². The van der Waals surface area contributed by atoms with E-state index in [9.17, 15) is 5.11 Å². The number of ether oxygens (including phenoxy) is 1. The van der Waals surface area contributed by atoms with Gasteiger partial charge >= 0.3 is 0 Å². The van der Waals surface area contributed by atoms with Gasteiger partial charge in [0.2, 0.25) is 0 Å². The van der Waals surface area contributed by atoms with E-state index < -0.39 is 6.10 Å². The molecule has 2 aliphatic heterocycles. The predicted molar refractivity (Wildman–Crippen MR) is 74.3 cm³/mol. The highest BCUT2D eigenvalue weighted by Gasteiger charge is 2.37. The maximum absolute atomic E-state index is 10.6.